The highest BCUT2D eigenvalue weighted by molar-refractivity contribution is 7.99. The van der Waals surface area contributed by atoms with Crippen LogP contribution in [0.3, 0.4) is 0 Å². The molecular formula is C18H27NO2S. The molecule has 1 aliphatic heterocycles. The molecule has 1 aliphatic rings. The van der Waals surface area contributed by atoms with Crippen LogP contribution in [0.1, 0.15) is 32.6 Å². The van der Waals surface area contributed by atoms with E-state index in [9.17, 15) is 4.79 Å². The summed E-state index contributed by atoms with van der Waals surface area (Å²) in [6.07, 6.45) is 4.52. The molecule has 0 aliphatic carbocycles. The lowest BCUT2D eigenvalue weighted by molar-refractivity contribution is -0.149. The first-order chi connectivity index (χ1) is 10.8. The van der Waals surface area contributed by atoms with Crippen molar-refractivity contribution in [3.05, 3.63) is 30.3 Å². The van der Waals surface area contributed by atoms with Crippen LogP contribution in [0.15, 0.2) is 35.2 Å². The van der Waals surface area contributed by atoms with Gasteiger partial charge in [0.1, 0.15) is 0 Å². The molecule has 1 fully saturated rings. The van der Waals surface area contributed by atoms with Crippen LogP contribution in [0.5, 0.6) is 0 Å². The molecule has 1 heterocycles. The van der Waals surface area contributed by atoms with E-state index in [1.807, 2.05) is 18.7 Å². The monoisotopic (exact) mass is 321 g/mol. The number of carbonyl (C=O) groups excluding carboxylic acids is 1. The third-order valence-electron chi connectivity index (χ3n) is 4.01. The van der Waals surface area contributed by atoms with Crippen molar-refractivity contribution in [2.45, 2.75) is 37.5 Å². The van der Waals surface area contributed by atoms with E-state index in [1.54, 1.807) is 0 Å². The molecule has 3 nitrogen and oxygen atoms in total. The highest BCUT2D eigenvalue weighted by Crippen LogP contribution is 2.20. The van der Waals surface area contributed by atoms with Gasteiger partial charge in [0.25, 0.3) is 0 Å². The van der Waals surface area contributed by atoms with Gasteiger partial charge in [0, 0.05) is 11.4 Å². The summed E-state index contributed by atoms with van der Waals surface area (Å²) in [6.45, 7) is 5.48. The molecule has 0 saturated carbocycles. The summed E-state index contributed by atoms with van der Waals surface area (Å²) in [4.78, 5) is 15.6. The standard InChI is InChI=1S/C18H27NO2S/c1-2-21-18(20)16-9-8-13-19(15-16)12-6-7-14-22-17-10-4-3-5-11-17/h3-5,10-11,16H,2,6-9,12-15H2,1H3. The zero-order valence-corrected chi connectivity index (χ0v) is 14.3. The number of thioether (sulfide) groups is 1. The van der Waals surface area contributed by atoms with Gasteiger partial charge in [-0.15, -0.1) is 11.8 Å². The Labute approximate surface area is 138 Å². The number of ether oxygens (including phenoxy) is 1. The van der Waals surface area contributed by atoms with Crippen LogP contribution < -0.4 is 0 Å². The van der Waals surface area contributed by atoms with Gasteiger partial charge in [-0.1, -0.05) is 18.2 Å². The SMILES string of the molecule is CCOC(=O)C1CCCN(CCCCSc2ccccc2)C1. The summed E-state index contributed by atoms with van der Waals surface area (Å²) in [5.41, 5.74) is 0. The quantitative estimate of drug-likeness (QED) is 0.413. The highest BCUT2D eigenvalue weighted by Gasteiger charge is 2.26. The van der Waals surface area contributed by atoms with E-state index in [1.165, 1.54) is 23.5 Å². The lowest BCUT2D eigenvalue weighted by Crippen LogP contribution is -2.39. The average Bonchev–Trinajstić information content (AvgIpc) is 2.56. The van der Waals surface area contributed by atoms with Gasteiger partial charge in [0.15, 0.2) is 0 Å². The minimum Gasteiger partial charge on any atom is -0.466 e. The van der Waals surface area contributed by atoms with Crippen molar-refractivity contribution in [2.75, 3.05) is 32.0 Å². The first-order valence-corrected chi connectivity index (χ1v) is 9.35. The number of esters is 1. The van der Waals surface area contributed by atoms with Crippen molar-refractivity contribution in [1.82, 2.24) is 4.90 Å². The van der Waals surface area contributed by atoms with Crippen molar-refractivity contribution in [3.63, 3.8) is 0 Å². The van der Waals surface area contributed by atoms with Crippen LogP contribution in [-0.2, 0) is 9.53 Å². The van der Waals surface area contributed by atoms with Crippen LogP contribution in [-0.4, -0.2) is 42.9 Å². The van der Waals surface area contributed by atoms with Crippen LogP contribution in [0, 0.1) is 5.92 Å². The van der Waals surface area contributed by atoms with E-state index in [0.717, 1.165) is 32.5 Å². The molecule has 1 atom stereocenters. The predicted molar refractivity (Wildman–Crippen MR) is 92.2 cm³/mol. The van der Waals surface area contributed by atoms with E-state index in [4.69, 9.17) is 4.74 Å². The Kier molecular flexibility index (Phi) is 7.81. The third-order valence-corrected chi connectivity index (χ3v) is 5.10. The Morgan fingerprint density at radius 2 is 2.14 bits per heavy atom. The predicted octanol–water partition coefficient (Wildman–Crippen LogP) is 3.83. The summed E-state index contributed by atoms with van der Waals surface area (Å²) in [5, 5.41) is 0. The zero-order valence-electron chi connectivity index (χ0n) is 13.5. The van der Waals surface area contributed by atoms with Gasteiger partial charge >= 0.3 is 5.97 Å². The summed E-state index contributed by atoms with van der Waals surface area (Å²) in [7, 11) is 0. The minimum atomic E-state index is -0.00756. The molecule has 0 bridgehead atoms. The largest absolute Gasteiger partial charge is 0.466 e. The molecule has 0 spiro atoms. The molecule has 1 saturated heterocycles. The van der Waals surface area contributed by atoms with Crippen molar-refractivity contribution >= 4 is 17.7 Å². The second-order valence-corrected chi connectivity index (χ2v) is 6.93. The maximum Gasteiger partial charge on any atom is 0.310 e. The van der Waals surface area contributed by atoms with Crippen LogP contribution in [0.4, 0.5) is 0 Å². The van der Waals surface area contributed by atoms with Gasteiger partial charge in [-0.2, -0.15) is 0 Å². The van der Waals surface area contributed by atoms with Gasteiger partial charge in [-0.25, -0.2) is 0 Å². The number of likely N-dealkylation sites (tertiary alicyclic amines) is 1. The lowest BCUT2D eigenvalue weighted by atomic mass is 9.98. The second kappa shape index (κ2) is 9.90. The maximum absolute atomic E-state index is 11.8. The third kappa shape index (κ3) is 6.01. The van der Waals surface area contributed by atoms with E-state index in [0.29, 0.717) is 6.61 Å². The van der Waals surface area contributed by atoms with Gasteiger partial charge in [0.2, 0.25) is 0 Å². The molecule has 122 valence electrons. The van der Waals surface area contributed by atoms with Gasteiger partial charge in [-0.05, 0) is 63.6 Å². The van der Waals surface area contributed by atoms with Crippen LogP contribution in [0.25, 0.3) is 0 Å². The normalized spacial score (nSPS) is 19.0. The number of nitrogens with zero attached hydrogens (tertiary/aromatic N) is 1. The Morgan fingerprint density at radius 1 is 1.32 bits per heavy atom. The van der Waals surface area contributed by atoms with E-state index in [2.05, 4.69) is 35.2 Å². The van der Waals surface area contributed by atoms with Crippen molar-refractivity contribution in [1.29, 1.82) is 0 Å². The number of benzene rings is 1. The smallest absolute Gasteiger partial charge is 0.310 e. The molecular weight excluding hydrogens is 294 g/mol. The second-order valence-electron chi connectivity index (χ2n) is 5.76. The van der Waals surface area contributed by atoms with Gasteiger partial charge < -0.3 is 9.64 Å². The van der Waals surface area contributed by atoms with Gasteiger partial charge in [0.05, 0.1) is 12.5 Å². The molecule has 0 radical (unpaired) electrons. The summed E-state index contributed by atoms with van der Waals surface area (Å²) >= 11 is 1.93. The molecule has 1 aromatic carbocycles. The number of unbranched alkanes of at least 4 members (excludes halogenated alkanes) is 1. The first-order valence-electron chi connectivity index (χ1n) is 8.36. The van der Waals surface area contributed by atoms with Crippen molar-refractivity contribution in [3.8, 4) is 0 Å². The van der Waals surface area contributed by atoms with Crippen molar-refractivity contribution < 1.29 is 9.53 Å². The molecule has 4 heteroatoms. The zero-order chi connectivity index (χ0) is 15.6. The van der Waals surface area contributed by atoms with Crippen molar-refractivity contribution in [2.24, 2.45) is 5.92 Å². The summed E-state index contributed by atoms with van der Waals surface area (Å²) in [6, 6.07) is 10.6. The van der Waals surface area contributed by atoms with E-state index >= 15 is 0 Å². The maximum atomic E-state index is 11.8. The molecule has 2 rings (SSSR count). The number of hydrogen-bond acceptors (Lipinski definition) is 4. The fourth-order valence-corrected chi connectivity index (χ4v) is 3.79. The number of carbonyl (C=O) groups is 1. The molecule has 22 heavy (non-hydrogen) atoms. The number of rotatable bonds is 8. The molecule has 0 N–H and O–H groups in total. The minimum absolute atomic E-state index is 0.00756. The Bertz CT molecular complexity index is 438. The number of hydrogen-bond donors (Lipinski definition) is 0. The molecule has 0 amide bonds. The molecule has 1 aromatic rings. The topological polar surface area (TPSA) is 29.5 Å². The van der Waals surface area contributed by atoms with Crippen LogP contribution in [0.2, 0.25) is 0 Å². The molecule has 0 aromatic heterocycles. The van der Waals surface area contributed by atoms with Crippen LogP contribution >= 0.6 is 11.8 Å². The average molecular weight is 321 g/mol. The van der Waals surface area contributed by atoms with E-state index in [-0.39, 0.29) is 11.9 Å². The Morgan fingerprint density at radius 3 is 2.91 bits per heavy atom. The summed E-state index contributed by atoms with van der Waals surface area (Å²) < 4.78 is 5.15. The van der Waals surface area contributed by atoms with E-state index < -0.39 is 0 Å². The van der Waals surface area contributed by atoms with Gasteiger partial charge in [-0.3, -0.25) is 4.79 Å². The number of piperidine rings is 1. The fraction of sp³-hybridized carbons (Fsp3) is 0.611. The Hall–Kier alpha value is -1.00. The fourth-order valence-electron chi connectivity index (χ4n) is 2.86. The molecule has 1 unspecified atom stereocenters. The highest BCUT2D eigenvalue weighted by atomic mass is 32.2. The summed E-state index contributed by atoms with van der Waals surface area (Å²) in [5.74, 6) is 1.25. The first kappa shape index (κ1) is 17.4. The lowest BCUT2D eigenvalue weighted by Gasteiger charge is -2.31. The Balaban J connectivity index is 1.59.